The molecule has 2 aromatic heterocycles. The van der Waals surface area contributed by atoms with Crippen LogP contribution in [-0.2, 0) is 11.3 Å². The molecule has 158 valence electrons. The van der Waals surface area contributed by atoms with E-state index in [-0.39, 0.29) is 29.5 Å². The SMILES string of the molecule is C#CCn1c(=O)n([C@@H]2O[C@H](C(O)C(F)(F)F)[C@H](F)[C@H]2O)c2nc(N)nc(OC)c21. The van der Waals surface area contributed by atoms with Crippen molar-refractivity contribution in [1.82, 2.24) is 19.1 Å². The van der Waals surface area contributed by atoms with Gasteiger partial charge in [-0.25, -0.2) is 13.8 Å². The summed E-state index contributed by atoms with van der Waals surface area (Å²) in [6.07, 6.45) is -12.5. The van der Waals surface area contributed by atoms with Crippen molar-refractivity contribution in [2.45, 2.75) is 43.4 Å². The molecule has 3 heterocycles. The highest BCUT2D eigenvalue weighted by molar-refractivity contribution is 5.78. The fourth-order valence-electron chi connectivity index (χ4n) is 3.09. The van der Waals surface area contributed by atoms with E-state index in [9.17, 15) is 32.6 Å². The number of rotatable bonds is 4. The summed E-state index contributed by atoms with van der Waals surface area (Å²) in [6.45, 7) is -0.331. The summed E-state index contributed by atoms with van der Waals surface area (Å²) in [5.74, 6) is 1.63. The van der Waals surface area contributed by atoms with Gasteiger partial charge >= 0.3 is 11.9 Å². The molecule has 0 aliphatic carbocycles. The molecule has 5 atom stereocenters. The fourth-order valence-corrected chi connectivity index (χ4v) is 3.09. The second-order valence-corrected chi connectivity index (χ2v) is 6.12. The van der Waals surface area contributed by atoms with Gasteiger partial charge in [0.15, 0.2) is 29.7 Å². The molecule has 1 fully saturated rings. The lowest BCUT2D eigenvalue weighted by Gasteiger charge is -2.22. The molecule has 14 heteroatoms. The monoisotopic (exact) mass is 421 g/mol. The molecule has 0 saturated carbocycles. The van der Waals surface area contributed by atoms with Crippen LogP contribution >= 0.6 is 0 Å². The Balaban J connectivity index is 2.20. The average Bonchev–Trinajstić information content (AvgIpc) is 3.08. The molecule has 29 heavy (non-hydrogen) atoms. The minimum atomic E-state index is -5.22. The van der Waals surface area contributed by atoms with Gasteiger partial charge < -0.3 is 25.4 Å². The van der Waals surface area contributed by atoms with Crippen molar-refractivity contribution in [3.8, 4) is 18.2 Å². The van der Waals surface area contributed by atoms with Crippen LogP contribution in [0.1, 0.15) is 6.23 Å². The van der Waals surface area contributed by atoms with E-state index in [0.717, 1.165) is 4.57 Å². The lowest BCUT2D eigenvalue weighted by molar-refractivity contribution is -0.241. The summed E-state index contributed by atoms with van der Waals surface area (Å²) < 4.78 is 64.2. The molecule has 10 nitrogen and oxygen atoms in total. The summed E-state index contributed by atoms with van der Waals surface area (Å²) in [7, 11) is 1.21. The third-order valence-corrected chi connectivity index (χ3v) is 4.36. The zero-order valence-electron chi connectivity index (χ0n) is 14.7. The first-order valence-corrected chi connectivity index (χ1v) is 8.01. The van der Waals surface area contributed by atoms with E-state index in [0.29, 0.717) is 4.57 Å². The normalized spacial score (nSPS) is 25.9. The maximum Gasteiger partial charge on any atom is 0.417 e. The van der Waals surface area contributed by atoms with Crippen molar-refractivity contribution >= 4 is 17.1 Å². The first-order chi connectivity index (χ1) is 13.5. The van der Waals surface area contributed by atoms with Crippen LogP contribution in [0, 0.1) is 12.3 Å². The van der Waals surface area contributed by atoms with E-state index in [1.807, 2.05) is 0 Å². The maximum atomic E-state index is 14.3. The minimum Gasteiger partial charge on any atom is -0.479 e. The number of nitrogens with zero attached hydrogens (tertiary/aromatic N) is 4. The molecular formula is C15H15F4N5O5. The van der Waals surface area contributed by atoms with Crippen LogP contribution in [-0.4, -0.2) is 67.1 Å². The standard InChI is InChI=1S/C15H15F4N5O5/c1-3-4-23-6-10(21-13(20)22-11(6)28-2)24(14(23)27)12-7(25)5(16)8(29-12)9(26)15(17,18)19/h1,5,7-9,12,25-26H,4H2,2H3,(H2,20,21,22)/t5-,7-,8+,9?,12-/m1/s1. The molecule has 0 aromatic carbocycles. The summed E-state index contributed by atoms with van der Waals surface area (Å²) in [5, 5.41) is 19.5. The number of terminal acetylenes is 1. The Kier molecular flexibility index (Phi) is 5.15. The number of fused-ring (bicyclic) bond motifs is 1. The van der Waals surface area contributed by atoms with Crippen molar-refractivity contribution in [1.29, 1.82) is 0 Å². The van der Waals surface area contributed by atoms with Crippen LogP contribution in [0.2, 0.25) is 0 Å². The third-order valence-electron chi connectivity index (χ3n) is 4.36. The molecule has 3 rings (SSSR count). The molecule has 4 N–H and O–H groups in total. The Morgan fingerprint density at radius 2 is 2.10 bits per heavy atom. The third kappa shape index (κ3) is 3.26. The number of alkyl halides is 4. The van der Waals surface area contributed by atoms with Crippen molar-refractivity contribution in [2.75, 3.05) is 12.8 Å². The highest BCUT2D eigenvalue weighted by Gasteiger charge is 2.56. The summed E-state index contributed by atoms with van der Waals surface area (Å²) in [5.41, 5.74) is 4.17. The van der Waals surface area contributed by atoms with Gasteiger partial charge in [-0.15, -0.1) is 6.42 Å². The summed E-state index contributed by atoms with van der Waals surface area (Å²) >= 11 is 0. The van der Waals surface area contributed by atoms with Crippen molar-refractivity contribution < 1.29 is 37.2 Å². The molecule has 1 unspecified atom stereocenters. The van der Waals surface area contributed by atoms with E-state index in [2.05, 4.69) is 15.9 Å². The van der Waals surface area contributed by atoms with Crippen molar-refractivity contribution in [3.63, 3.8) is 0 Å². The number of aromatic nitrogens is 4. The Bertz CT molecular complexity index is 1030. The van der Waals surface area contributed by atoms with Crippen molar-refractivity contribution in [2.24, 2.45) is 0 Å². The minimum absolute atomic E-state index is 0.0873. The van der Waals surface area contributed by atoms with Gasteiger partial charge in [0.1, 0.15) is 12.2 Å². The van der Waals surface area contributed by atoms with E-state index in [1.54, 1.807) is 0 Å². The molecule has 2 aromatic rings. The fraction of sp³-hybridized carbons (Fsp3) is 0.533. The lowest BCUT2D eigenvalue weighted by atomic mass is 10.1. The lowest BCUT2D eigenvalue weighted by Crippen LogP contribution is -2.44. The van der Waals surface area contributed by atoms with Crippen LogP contribution in [0.5, 0.6) is 5.88 Å². The van der Waals surface area contributed by atoms with E-state index in [1.165, 1.54) is 7.11 Å². The van der Waals surface area contributed by atoms with Gasteiger partial charge in [0.25, 0.3) is 0 Å². The molecule has 1 aliphatic rings. The number of hydrogen-bond donors (Lipinski definition) is 3. The Morgan fingerprint density at radius 3 is 2.66 bits per heavy atom. The highest BCUT2D eigenvalue weighted by atomic mass is 19.4. The molecule has 0 spiro atoms. The highest BCUT2D eigenvalue weighted by Crippen LogP contribution is 2.38. The largest absolute Gasteiger partial charge is 0.479 e. The number of nitrogen functional groups attached to an aromatic ring is 1. The predicted octanol–water partition coefficient (Wildman–Crippen LogP) is -0.663. The average molecular weight is 421 g/mol. The molecule has 1 saturated heterocycles. The van der Waals surface area contributed by atoms with Gasteiger partial charge in [-0.05, 0) is 0 Å². The van der Waals surface area contributed by atoms with Crippen LogP contribution in [0.25, 0.3) is 11.2 Å². The smallest absolute Gasteiger partial charge is 0.417 e. The van der Waals surface area contributed by atoms with Gasteiger partial charge in [-0.2, -0.15) is 23.1 Å². The van der Waals surface area contributed by atoms with Crippen LogP contribution in [0.4, 0.5) is 23.5 Å². The predicted molar refractivity (Wildman–Crippen MR) is 88.5 cm³/mol. The summed E-state index contributed by atoms with van der Waals surface area (Å²) in [4.78, 5) is 20.5. The number of halogens is 4. The van der Waals surface area contributed by atoms with E-state index < -0.39 is 42.6 Å². The van der Waals surface area contributed by atoms with Gasteiger partial charge in [-0.3, -0.25) is 4.57 Å². The molecule has 0 amide bonds. The molecular weight excluding hydrogens is 406 g/mol. The number of methoxy groups -OCH3 is 1. The topological polar surface area (TPSA) is 138 Å². The van der Waals surface area contributed by atoms with Gasteiger partial charge in [0.05, 0.1) is 13.7 Å². The quantitative estimate of drug-likeness (QED) is 0.437. The van der Waals surface area contributed by atoms with Gasteiger partial charge in [0, 0.05) is 0 Å². The number of aliphatic hydroxyl groups excluding tert-OH is 2. The zero-order valence-corrected chi connectivity index (χ0v) is 14.7. The second-order valence-electron chi connectivity index (χ2n) is 6.12. The maximum absolute atomic E-state index is 14.3. The molecule has 0 radical (unpaired) electrons. The van der Waals surface area contributed by atoms with Crippen molar-refractivity contribution in [3.05, 3.63) is 10.5 Å². The number of aliphatic hydroxyl groups is 2. The van der Waals surface area contributed by atoms with E-state index >= 15 is 0 Å². The van der Waals surface area contributed by atoms with Gasteiger partial charge in [0.2, 0.25) is 11.8 Å². The number of anilines is 1. The number of nitrogens with two attached hydrogens (primary N) is 1. The number of ether oxygens (including phenoxy) is 2. The second kappa shape index (κ2) is 7.17. The first kappa shape index (κ1) is 20.8. The van der Waals surface area contributed by atoms with E-state index in [4.69, 9.17) is 21.6 Å². The Morgan fingerprint density at radius 1 is 1.45 bits per heavy atom. The van der Waals surface area contributed by atoms with Crippen LogP contribution < -0.4 is 16.2 Å². The van der Waals surface area contributed by atoms with Crippen LogP contribution in [0.15, 0.2) is 4.79 Å². The Hall–Kier alpha value is -2.89. The first-order valence-electron chi connectivity index (χ1n) is 8.01. The number of hydrogen-bond acceptors (Lipinski definition) is 8. The molecule has 0 bridgehead atoms. The summed E-state index contributed by atoms with van der Waals surface area (Å²) in [6, 6.07) is 0. The number of imidazole rings is 1. The van der Waals surface area contributed by atoms with Gasteiger partial charge in [-0.1, -0.05) is 5.92 Å². The Labute approximate surface area is 159 Å². The zero-order chi connectivity index (χ0) is 21.7. The molecule has 1 aliphatic heterocycles. The van der Waals surface area contributed by atoms with Crippen LogP contribution in [0.3, 0.4) is 0 Å².